The van der Waals surface area contributed by atoms with E-state index in [0.717, 1.165) is 5.56 Å². The number of rotatable bonds is 6. The summed E-state index contributed by atoms with van der Waals surface area (Å²) >= 11 is 0. The number of carbonyl (C=O) groups excluding carboxylic acids is 1. The number of halogens is 2. The minimum absolute atomic E-state index is 0.100. The summed E-state index contributed by atoms with van der Waals surface area (Å²) < 4.78 is 28.1. The highest BCUT2D eigenvalue weighted by atomic mass is 19.3. The molecule has 106 valence electrons. The molecule has 19 heavy (non-hydrogen) atoms. The summed E-state index contributed by atoms with van der Waals surface area (Å²) in [7, 11) is 0. The number of ether oxygens (including phenoxy) is 1. The second-order valence-electron chi connectivity index (χ2n) is 4.48. The number of benzene rings is 1. The molecular weight excluding hydrogens is 254 g/mol. The molecule has 6 heteroatoms. The van der Waals surface area contributed by atoms with Crippen LogP contribution in [-0.4, -0.2) is 19.2 Å². The van der Waals surface area contributed by atoms with Crippen LogP contribution >= 0.6 is 0 Å². The van der Waals surface area contributed by atoms with Crippen molar-refractivity contribution in [3.05, 3.63) is 29.8 Å². The van der Waals surface area contributed by atoms with Crippen molar-refractivity contribution < 1.29 is 18.3 Å². The molecule has 2 N–H and O–H groups in total. The summed E-state index contributed by atoms with van der Waals surface area (Å²) in [6.45, 7) is 2.11. The summed E-state index contributed by atoms with van der Waals surface area (Å²) in [5.74, 6) is 0.486. The normalized spacial score (nSPS) is 10.6. The Morgan fingerprint density at radius 2 is 1.84 bits per heavy atom. The van der Waals surface area contributed by atoms with Crippen LogP contribution in [0.5, 0.6) is 5.75 Å². The Kier molecular flexibility index (Phi) is 6.05. The van der Waals surface area contributed by atoms with Crippen molar-refractivity contribution in [1.29, 1.82) is 0 Å². The predicted octanol–water partition coefficient (Wildman–Crippen LogP) is 2.74. The van der Waals surface area contributed by atoms with Crippen molar-refractivity contribution in [3.8, 4) is 5.75 Å². The Hall–Kier alpha value is -1.85. The summed E-state index contributed by atoms with van der Waals surface area (Å²) in [4.78, 5) is 11.4. The van der Waals surface area contributed by atoms with Crippen LogP contribution in [0.4, 0.5) is 13.6 Å². The SMILES string of the molecule is CC(C)CNC(=O)NCc1ccc(OC(F)F)cc1. The third kappa shape index (κ3) is 6.59. The van der Waals surface area contributed by atoms with E-state index >= 15 is 0 Å². The summed E-state index contributed by atoms with van der Waals surface area (Å²) in [6, 6.07) is 5.88. The molecule has 0 aromatic heterocycles. The first-order valence-corrected chi connectivity index (χ1v) is 6.03. The Morgan fingerprint density at radius 1 is 1.21 bits per heavy atom. The van der Waals surface area contributed by atoms with Crippen LogP contribution < -0.4 is 15.4 Å². The highest BCUT2D eigenvalue weighted by Gasteiger charge is 2.04. The largest absolute Gasteiger partial charge is 0.435 e. The number of alkyl halides is 2. The number of hydrogen-bond acceptors (Lipinski definition) is 2. The molecule has 0 atom stereocenters. The van der Waals surface area contributed by atoms with E-state index in [1.165, 1.54) is 12.1 Å². The summed E-state index contributed by atoms with van der Waals surface area (Å²) in [5, 5.41) is 5.39. The molecule has 0 saturated heterocycles. The van der Waals surface area contributed by atoms with Crippen molar-refractivity contribution in [2.24, 2.45) is 5.92 Å². The number of carbonyl (C=O) groups is 1. The molecule has 0 fully saturated rings. The van der Waals surface area contributed by atoms with Gasteiger partial charge in [-0.2, -0.15) is 8.78 Å². The number of urea groups is 1. The van der Waals surface area contributed by atoms with Gasteiger partial charge in [0.1, 0.15) is 5.75 Å². The highest BCUT2D eigenvalue weighted by Crippen LogP contribution is 2.14. The zero-order valence-electron chi connectivity index (χ0n) is 11.0. The van der Waals surface area contributed by atoms with Crippen LogP contribution in [0, 0.1) is 5.92 Å². The molecule has 0 radical (unpaired) electrons. The van der Waals surface area contributed by atoms with E-state index in [1.807, 2.05) is 13.8 Å². The van der Waals surface area contributed by atoms with Gasteiger partial charge in [-0.25, -0.2) is 4.79 Å². The van der Waals surface area contributed by atoms with Crippen LogP contribution in [0.1, 0.15) is 19.4 Å². The molecule has 1 aromatic carbocycles. The van der Waals surface area contributed by atoms with Gasteiger partial charge < -0.3 is 15.4 Å². The molecular formula is C13H18F2N2O2. The minimum atomic E-state index is -2.83. The molecule has 0 saturated carbocycles. The zero-order chi connectivity index (χ0) is 14.3. The van der Waals surface area contributed by atoms with E-state index in [4.69, 9.17) is 0 Å². The van der Waals surface area contributed by atoms with Crippen molar-refractivity contribution in [1.82, 2.24) is 10.6 Å². The molecule has 4 nitrogen and oxygen atoms in total. The van der Waals surface area contributed by atoms with Gasteiger partial charge in [0.25, 0.3) is 0 Å². The fourth-order valence-corrected chi connectivity index (χ4v) is 1.33. The van der Waals surface area contributed by atoms with Gasteiger partial charge in [-0.05, 0) is 23.6 Å². The zero-order valence-corrected chi connectivity index (χ0v) is 11.0. The van der Waals surface area contributed by atoms with E-state index < -0.39 is 6.61 Å². The average molecular weight is 272 g/mol. The molecule has 0 bridgehead atoms. The van der Waals surface area contributed by atoms with E-state index in [2.05, 4.69) is 15.4 Å². The van der Waals surface area contributed by atoms with Crippen LogP contribution in [0.15, 0.2) is 24.3 Å². The standard InChI is InChI=1S/C13H18F2N2O2/c1-9(2)7-16-13(18)17-8-10-3-5-11(6-4-10)19-12(14)15/h3-6,9,12H,7-8H2,1-2H3,(H2,16,17,18). The van der Waals surface area contributed by atoms with Crippen molar-refractivity contribution >= 4 is 6.03 Å². The maximum atomic E-state index is 11.9. The number of nitrogens with one attached hydrogen (secondary N) is 2. The third-order valence-corrected chi connectivity index (χ3v) is 2.27. The molecule has 2 amide bonds. The first-order chi connectivity index (χ1) is 8.97. The monoisotopic (exact) mass is 272 g/mol. The first-order valence-electron chi connectivity index (χ1n) is 6.03. The quantitative estimate of drug-likeness (QED) is 0.836. The topological polar surface area (TPSA) is 50.4 Å². The van der Waals surface area contributed by atoms with Crippen molar-refractivity contribution in [3.63, 3.8) is 0 Å². The van der Waals surface area contributed by atoms with E-state index in [9.17, 15) is 13.6 Å². The molecule has 0 heterocycles. The van der Waals surface area contributed by atoms with Gasteiger partial charge in [-0.1, -0.05) is 26.0 Å². The average Bonchev–Trinajstić information content (AvgIpc) is 2.35. The van der Waals surface area contributed by atoms with Crippen molar-refractivity contribution in [2.45, 2.75) is 27.0 Å². The summed E-state index contributed by atoms with van der Waals surface area (Å²) in [6.07, 6.45) is 0. The number of hydrogen-bond donors (Lipinski definition) is 2. The van der Waals surface area contributed by atoms with Gasteiger partial charge in [0, 0.05) is 13.1 Å². The molecule has 0 unspecified atom stereocenters. The molecule has 0 spiro atoms. The molecule has 0 aliphatic carbocycles. The van der Waals surface area contributed by atoms with Gasteiger partial charge in [0.15, 0.2) is 0 Å². The molecule has 0 aliphatic rings. The molecule has 0 aliphatic heterocycles. The first kappa shape index (κ1) is 15.2. The second-order valence-corrected chi connectivity index (χ2v) is 4.48. The molecule has 1 rings (SSSR count). The van der Waals surface area contributed by atoms with Crippen LogP contribution in [0.2, 0.25) is 0 Å². The number of amides is 2. The Morgan fingerprint density at radius 3 is 2.37 bits per heavy atom. The van der Waals surface area contributed by atoms with E-state index in [-0.39, 0.29) is 11.8 Å². The van der Waals surface area contributed by atoms with Crippen molar-refractivity contribution in [2.75, 3.05) is 6.54 Å². The summed E-state index contributed by atoms with van der Waals surface area (Å²) in [5.41, 5.74) is 0.807. The molecule has 1 aromatic rings. The van der Waals surface area contributed by atoms with Gasteiger partial charge in [0.05, 0.1) is 0 Å². The third-order valence-electron chi connectivity index (χ3n) is 2.27. The van der Waals surface area contributed by atoms with Crippen LogP contribution in [0.25, 0.3) is 0 Å². The lowest BCUT2D eigenvalue weighted by Gasteiger charge is -2.10. The Balaban J connectivity index is 2.35. The van der Waals surface area contributed by atoms with E-state index in [0.29, 0.717) is 19.0 Å². The lowest BCUT2D eigenvalue weighted by Crippen LogP contribution is -2.36. The van der Waals surface area contributed by atoms with Gasteiger partial charge >= 0.3 is 12.6 Å². The van der Waals surface area contributed by atoms with Crippen LogP contribution in [-0.2, 0) is 6.54 Å². The smallest absolute Gasteiger partial charge is 0.387 e. The van der Waals surface area contributed by atoms with Gasteiger partial charge in [0.2, 0.25) is 0 Å². The highest BCUT2D eigenvalue weighted by molar-refractivity contribution is 5.73. The lowest BCUT2D eigenvalue weighted by atomic mass is 10.2. The van der Waals surface area contributed by atoms with E-state index in [1.54, 1.807) is 12.1 Å². The maximum Gasteiger partial charge on any atom is 0.387 e. The van der Waals surface area contributed by atoms with Crippen LogP contribution in [0.3, 0.4) is 0 Å². The fourth-order valence-electron chi connectivity index (χ4n) is 1.33. The van der Waals surface area contributed by atoms with Gasteiger partial charge in [-0.3, -0.25) is 0 Å². The fraction of sp³-hybridized carbons (Fsp3) is 0.462. The lowest BCUT2D eigenvalue weighted by molar-refractivity contribution is -0.0498. The maximum absolute atomic E-state index is 11.9. The van der Waals surface area contributed by atoms with Gasteiger partial charge in [-0.15, -0.1) is 0 Å². The predicted molar refractivity (Wildman–Crippen MR) is 68.2 cm³/mol. The minimum Gasteiger partial charge on any atom is -0.435 e. The Bertz CT molecular complexity index is 394. The second kappa shape index (κ2) is 7.56. The Labute approximate surface area is 111 Å².